The lowest BCUT2D eigenvalue weighted by atomic mass is 10.2. The van der Waals surface area contributed by atoms with Crippen molar-refractivity contribution in [1.29, 1.82) is 0 Å². The van der Waals surface area contributed by atoms with E-state index in [1.165, 1.54) is 0 Å². The van der Waals surface area contributed by atoms with Crippen LogP contribution in [0.3, 0.4) is 0 Å². The summed E-state index contributed by atoms with van der Waals surface area (Å²) >= 11 is 1.92. The molecule has 3 heteroatoms. The van der Waals surface area contributed by atoms with Crippen LogP contribution >= 0.6 is 11.8 Å². The quantitative estimate of drug-likeness (QED) is 0.522. The van der Waals surface area contributed by atoms with Crippen molar-refractivity contribution in [3.63, 3.8) is 0 Å². The lowest BCUT2D eigenvalue weighted by Gasteiger charge is -2.15. The smallest absolute Gasteiger partial charge is 0.0700 e. The fourth-order valence-corrected chi connectivity index (χ4v) is 2.08. The molecule has 76 valence electrons. The molecule has 0 aromatic carbocycles. The summed E-state index contributed by atoms with van der Waals surface area (Å²) < 4.78 is 5.46. The van der Waals surface area contributed by atoms with Crippen LogP contribution in [-0.2, 0) is 4.74 Å². The molecule has 0 bridgehead atoms. The number of ether oxygens (including phenoxy) is 1. The number of hydrogen-bond acceptors (Lipinski definition) is 3. The van der Waals surface area contributed by atoms with Crippen molar-refractivity contribution >= 4 is 11.8 Å². The minimum Gasteiger partial charge on any atom is -0.377 e. The summed E-state index contributed by atoms with van der Waals surface area (Å²) in [6, 6.07) is 0.573. The second-order valence-electron chi connectivity index (χ2n) is 3.29. The summed E-state index contributed by atoms with van der Waals surface area (Å²) in [6.07, 6.45) is 3.50. The zero-order valence-corrected chi connectivity index (χ0v) is 9.11. The first-order valence-electron chi connectivity index (χ1n) is 4.88. The molecule has 1 rings (SSSR count). The summed E-state index contributed by atoms with van der Waals surface area (Å²) in [5, 5.41) is 3.51. The fraction of sp³-hybridized carbons (Fsp3) is 0.800. The van der Waals surface area contributed by atoms with Crippen molar-refractivity contribution < 1.29 is 4.74 Å². The highest BCUT2D eigenvalue weighted by Gasteiger charge is 2.22. The monoisotopic (exact) mass is 201 g/mol. The highest BCUT2D eigenvalue weighted by Crippen LogP contribution is 2.12. The standard InChI is InChI=1S/C10H19NOS/c1-3-7-13-8-5-11-10-4-6-12-9(10)2/h3,9-11H,1,4-8H2,2H3. The summed E-state index contributed by atoms with van der Waals surface area (Å²) in [5.74, 6) is 2.22. The number of thioether (sulfide) groups is 1. The van der Waals surface area contributed by atoms with Crippen molar-refractivity contribution in [3.05, 3.63) is 12.7 Å². The van der Waals surface area contributed by atoms with Gasteiger partial charge < -0.3 is 10.1 Å². The van der Waals surface area contributed by atoms with E-state index in [-0.39, 0.29) is 0 Å². The van der Waals surface area contributed by atoms with Gasteiger partial charge in [-0.25, -0.2) is 0 Å². The lowest BCUT2D eigenvalue weighted by Crippen LogP contribution is -2.36. The third-order valence-electron chi connectivity index (χ3n) is 2.26. The Labute approximate surface area is 85.1 Å². The number of hydrogen-bond donors (Lipinski definition) is 1. The average Bonchev–Trinajstić information content (AvgIpc) is 2.52. The second kappa shape index (κ2) is 6.46. The molecule has 1 heterocycles. The molecule has 0 radical (unpaired) electrons. The van der Waals surface area contributed by atoms with E-state index < -0.39 is 0 Å². The maximum absolute atomic E-state index is 5.46. The Kier molecular flexibility index (Phi) is 5.51. The largest absolute Gasteiger partial charge is 0.377 e. The van der Waals surface area contributed by atoms with E-state index in [0.717, 1.165) is 31.1 Å². The van der Waals surface area contributed by atoms with E-state index in [1.54, 1.807) is 0 Å². The lowest BCUT2D eigenvalue weighted by molar-refractivity contribution is 0.113. The van der Waals surface area contributed by atoms with Crippen LogP contribution in [0.2, 0.25) is 0 Å². The zero-order valence-electron chi connectivity index (χ0n) is 8.29. The van der Waals surface area contributed by atoms with Crippen molar-refractivity contribution in [2.24, 2.45) is 0 Å². The number of nitrogens with one attached hydrogen (secondary N) is 1. The maximum Gasteiger partial charge on any atom is 0.0700 e. The third-order valence-corrected chi connectivity index (χ3v) is 3.23. The van der Waals surface area contributed by atoms with Crippen LogP contribution < -0.4 is 5.32 Å². The summed E-state index contributed by atoms with van der Waals surface area (Å²) in [6.45, 7) is 7.82. The molecule has 1 aliphatic rings. The van der Waals surface area contributed by atoms with Gasteiger partial charge in [0.2, 0.25) is 0 Å². The molecule has 0 spiro atoms. The molecule has 2 nitrogen and oxygen atoms in total. The normalized spacial score (nSPS) is 27.8. The Balaban J connectivity index is 1.95. The summed E-state index contributed by atoms with van der Waals surface area (Å²) in [7, 11) is 0. The Hall–Kier alpha value is 0.01000. The SMILES string of the molecule is C=CCSCCNC1CCOC1C. The molecule has 1 aliphatic heterocycles. The van der Waals surface area contributed by atoms with E-state index >= 15 is 0 Å². The van der Waals surface area contributed by atoms with E-state index in [0.29, 0.717) is 12.1 Å². The third kappa shape index (κ3) is 4.16. The molecule has 0 aromatic rings. The van der Waals surface area contributed by atoms with Gasteiger partial charge in [0.15, 0.2) is 0 Å². The Morgan fingerprint density at radius 1 is 1.69 bits per heavy atom. The van der Waals surface area contributed by atoms with Gasteiger partial charge in [-0.15, -0.1) is 6.58 Å². The first-order valence-corrected chi connectivity index (χ1v) is 6.03. The van der Waals surface area contributed by atoms with E-state index in [2.05, 4.69) is 18.8 Å². The van der Waals surface area contributed by atoms with Crippen LogP contribution in [0.15, 0.2) is 12.7 Å². The highest BCUT2D eigenvalue weighted by molar-refractivity contribution is 7.99. The second-order valence-corrected chi connectivity index (χ2v) is 4.44. The minimum absolute atomic E-state index is 0.393. The molecule has 1 saturated heterocycles. The van der Waals surface area contributed by atoms with Crippen LogP contribution in [0.1, 0.15) is 13.3 Å². The van der Waals surface area contributed by atoms with Crippen molar-refractivity contribution in [2.75, 3.05) is 24.7 Å². The minimum atomic E-state index is 0.393. The Morgan fingerprint density at radius 3 is 3.15 bits per heavy atom. The average molecular weight is 201 g/mol. The summed E-state index contributed by atoms with van der Waals surface area (Å²) in [4.78, 5) is 0. The van der Waals surface area contributed by atoms with E-state index in [4.69, 9.17) is 4.74 Å². The van der Waals surface area contributed by atoms with Gasteiger partial charge in [-0.05, 0) is 13.3 Å². The van der Waals surface area contributed by atoms with E-state index in [1.807, 2.05) is 17.8 Å². The van der Waals surface area contributed by atoms with Gasteiger partial charge in [-0.3, -0.25) is 0 Å². The van der Waals surface area contributed by atoms with Crippen LogP contribution in [0.5, 0.6) is 0 Å². The molecule has 0 aromatic heterocycles. The summed E-state index contributed by atoms with van der Waals surface area (Å²) in [5.41, 5.74) is 0. The molecule has 1 N–H and O–H groups in total. The number of rotatable bonds is 6. The molecule has 2 atom stereocenters. The van der Waals surface area contributed by atoms with E-state index in [9.17, 15) is 0 Å². The molecule has 2 unspecified atom stereocenters. The van der Waals surface area contributed by atoms with Crippen molar-refractivity contribution in [2.45, 2.75) is 25.5 Å². The highest BCUT2D eigenvalue weighted by atomic mass is 32.2. The topological polar surface area (TPSA) is 21.3 Å². The van der Waals surface area contributed by atoms with Gasteiger partial charge in [-0.2, -0.15) is 11.8 Å². The predicted octanol–water partition coefficient (Wildman–Crippen LogP) is 1.67. The fourth-order valence-electron chi connectivity index (χ4n) is 1.48. The van der Waals surface area contributed by atoms with Gasteiger partial charge in [0.25, 0.3) is 0 Å². The van der Waals surface area contributed by atoms with Crippen LogP contribution in [-0.4, -0.2) is 36.8 Å². The first-order chi connectivity index (χ1) is 6.34. The molecule has 0 amide bonds. The maximum atomic E-state index is 5.46. The van der Waals surface area contributed by atoms with Gasteiger partial charge in [-0.1, -0.05) is 6.08 Å². The van der Waals surface area contributed by atoms with Gasteiger partial charge >= 0.3 is 0 Å². The van der Waals surface area contributed by atoms with Gasteiger partial charge in [0.05, 0.1) is 6.10 Å². The van der Waals surface area contributed by atoms with Gasteiger partial charge in [0.1, 0.15) is 0 Å². The van der Waals surface area contributed by atoms with Crippen LogP contribution in [0.25, 0.3) is 0 Å². The predicted molar refractivity (Wildman–Crippen MR) is 59.3 cm³/mol. The molecular formula is C10H19NOS. The zero-order chi connectivity index (χ0) is 9.52. The van der Waals surface area contributed by atoms with Crippen LogP contribution in [0, 0.1) is 0 Å². The van der Waals surface area contributed by atoms with Crippen molar-refractivity contribution in [3.8, 4) is 0 Å². The molecule has 13 heavy (non-hydrogen) atoms. The Morgan fingerprint density at radius 2 is 2.54 bits per heavy atom. The molecular weight excluding hydrogens is 182 g/mol. The molecule has 0 aliphatic carbocycles. The first kappa shape index (κ1) is 11.1. The molecule has 0 saturated carbocycles. The Bertz CT molecular complexity index is 152. The van der Waals surface area contributed by atoms with Crippen LogP contribution in [0.4, 0.5) is 0 Å². The van der Waals surface area contributed by atoms with Gasteiger partial charge in [0, 0.05) is 30.7 Å². The van der Waals surface area contributed by atoms with Crippen molar-refractivity contribution in [1.82, 2.24) is 5.32 Å². The molecule has 1 fully saturated rings.